The highest BCUT2D eigenvalue weighted by molar-refractivity contribution is 5.88. The van der Waals surface area contributed by atoms with Crippen LogP contribution in [0, 0.1) is 5.82 Å². The summed E-state index contributed by atoms with van der Waals surface area (Å²) in [5, 5.41) is 12.0. The highest BCUT2D eigenvalue weighted by atomic mass is 19.1. The van der Waals surface area contributed by atoms with Crippen LogP contribution in [-0.4, -0.2) is 16.1 Å². The van der Waals surface area contributed by atoms with Crippen LogP contribution in [0.1, 0.15) is 34.1 Å². The quantitative estimate of drug-likeness (QED) is 0.901. The van der Waals surface area contributed by atoms with Gasteiger partial charge in [0.05, 0.1) is 23.0 Å². The molecule has 2 aromatic rings. The fourth-order valence-corrected chi connectivity index (χ4v) is 2.51. The average Bonchev–Trinajstić information content (AvgIpc) is 2.84. The number of pyridine rings is 1. The summed E-state index contributed by atoms with van der Waals surface area (Å²) in [4.78, 5) is 15.3. The van der Waals surface area contributed by atoms with Gasteiger partial charge in [0.2, 0.25) is 0 Å². The van der Waals surface area contributed by atoms with Crippen molar-refractivity contribution >= 4 is 11.7 Å². The average molecular weight is 272 g/mol. The first-order chi connectivity index (χ1) is 9.65. The van der Waals surface area contributed by atoms with Gasteiger partial charge in [-0.25, -0.2) is 9.18 Å². The van der Waals surface area contributed by atoms with Gasteiger partial charge in [0.15, 0.2) is 0 Å². The van der Waals surface area contributed by atoms with E-state index in [1.807, 2.05) is 12.1 Å². The Morgan fingerprint density at radius 2 is 2.25 bits per heavy atom. The normalized spacial score (nSPS) is 16.8. The number of nitrogens with one attached hydrogen (secondary N) is 1. The van der Waals surface area contributed by atoms with Crippen molar-refractivity contribution in [2.75, 3.05) is 5.32 Å². The molecule has 1 atom stereocenters. The van der Waals surface area contributed by atoms with Gasteiger partial charge >= 0.3 is 5.97 Å². The monoisotopic (exact) mass is 272 g/mol. The van der Waals surface area contributed by atoms with Gasteiger partial charge in [-0.2, -0.15) is 0 Å². The Balaban J connectivity index is 1.89. The van der Waals surface area contributed by atoms with Crippen molar-refractivity contribution in [2.45, 2.75) is 18.9 Å². The lowest BCUT2D eigenvalue weighted by Crippen LogP contribution is -2.10. The van der Waals surface area contributed by atoms with Gasteiger partial charge in [-0.3, -0.25) is 4.98 Å². The van der Waals surface area contributed by atoms with E-state index in [-0.39, 0.29) is 17.3 Å². The van der Waals surface area contributed by atoms with Gasteiger partial charge in [0, 0.05) is 6.20 Å². The fraction of sp³-hybridized carbons (Fsp3) is 0.200. The number of fused-ring (bicyclic) bond motifs is 1. The molecule has 0 saturated heterocycles. The maximum atomic E-state index is 13.8. The lowest BCUT2D eigenvalue weighted by atomic mass is 10.1. The van der Waals surface area contributed by atoms with E-state index in [1.54, 1.807) is 6.20 Å². The Hall–Kier alpha value is -2.43. The third kappa shape index (κ3) is 2.22. The second-order valence-electron chi connectivity index (χ2n) is 4.78. The van der Waals surface area contributed by atoms with Crippen molar-refractivity contribution in [1.29, 1.82) is 0 Å². The molecule has 102 valence electrons. The third-order valence-electron chi connectivity index (χ3n) is 3.50. The number of rotatable bonds is 3. The number of carbonyl (C=O) groups is 1. The van der Waals surface area contributed by atoms with Crippen molar-refractivity contribution < 1.29 is 14.3 Å². The molecule has 20 heavy (non-hydrogen) atoms. The number of carboxylic acids is 1. The Morgan fingerprint density at radius 3 is 3.05 bits per heavy atom. The number of aryl methyl sites for hydroxylation is 1. The van der Waals surface area contributed by atoms with E-state index in [2.05, 4.69) is 10.3 Å². The molecule has 1 heterocycles. The summed E-state index contributed by atoms with van der Waals surface area (Å²) in [7, 11) is 0. The number of nitrogens with zero attached hydrogens (tertiary/aromatic N) is 1. The first-order valence-electron chi connectivity index (χ1n) is 6.38. The molecule has 1 unspecified atom stereocenters. The van der Waals surface area contributed by atoms with Crippen LogP contribution in [0.3, 0.4) is 0 Å². The summed E-state index contributed by atoms with van der Waals surface area (Å²) >= 11 is 0. The minimum atomic E-state index is -1.07. The SMILES string of the molecule is O=C(O)c1ccc(F)c(NC2CCc3cccnc32)c1. The zero-order valence-electron chi connectivity index (χ0n) is 10.6. The number of anilines is 1. The Labute approximate surface area is 115 Å². The topological polar surface area (TPSA) is 62.2 Å². The van der Waals surface area contributed by atoms with Gasteiger partial charge in [-0.1, -0.05) is 6.07 Å². The van der Waals surface area contributed by atoms with Gasteiger partial charge in [0.25, 0.3) is 0 Å². The second kappa shape index (κ2) is 4.92. The molecule has 0 saturated carbocycles. The molecule has 1 aliphatic carbocycles. The molecule has 0 bridgehead atoms. The number of carboxylic acid groups (broad SMARTS) is 1. The summed E-state index contributed by atoms with van der Waals surface area (Å²) in [5.41, 5.74) is 2.33. The maximum absolute atomic E-state index is 13.8. The molecule has 0 aliphatic heterocycles. The molecule has 5 heteroatoms. The number of halogens is 1. The summed E-state index contributed by atoms with van der Waals surface area (Å²) in [6.45, 7) is 0. The Kier molecular flexibility index (Phi) is 3.10. The minimum absolute atomic E-state index is 0.0631. The van der Waals surface area contributed by atoms with E-state index >= 15 is 0 Å². The van der Waals surface area contributed by atoms with Crippen LogP contribution in [0.15, 0.2) is 36.5 Å². The van der Waals surface area contributed by atoms with E-state index in [9.17, 15) is 9.18 Å². The second-order valence-corrected chi connectivity index (χ2v) is 4.78. The highest BCUT2D eigenvalue weighted by Gasteiger charge is 2.24. The summed E-state index contributed by atoms with van der Waals surface area (Å²) in [5.74, 6) is -1.53. The molecule has 0 fully saturated rings. The first-order valence-corrected chi connectivity index (χ1v) is 6.38. The molecule has 3 rings (SSSR count). The van der Waals surface area contributed by atoms with Gasteiger partial charge in [0.1, 0.15) is 5.82 Å². The molecule has 0 radical (unpaired) electrons. The van der Waals surface area contributed by atoms with Gasteiger partial charge in [-0.05, 0) is 42.7 Å². The maximum Gasteiger partial charge on any atom is 0.335 e. The van der Waals surface area contributed by atoms with Crippen molar-refractivity contribution in [3.05, 3.63) is 59.2 Å². The molecular formula is C15H13FN2O2. The number of hydrogen-bond acceptors (Lipinski definition) is 3. The smallest absolute Gasteiger partial charge is 0.335 e. The van der Waals surface area contributed by atoms with E-state index in [0.717, 1.165) is 24.1 Å². The molecule has 1 aliphatic rings. The van der Waals surface area contributed by atoms with E-state index in [4.69, 9.17) is 5.11 Å². The number of aromatic carboxylic acids is 1. The zero-order chi connectivity index (χ0) is 14.1. The van der Waals surface area contributed by atoms with Crippen molar-refractivity contribution in [3.8, 4) is 0 Å². The number of hydrogen-bond donors (Lipinski definition) is 2. The van der Waals surface area contributed by atoms with E-state index in [1.165, 1.54) is 18.2 Å². The van der Waals surface area contributed by atoms with Crippen LogP contribution in [0.2, 0.25) is 0 Å². The Morgan fingerprint density at radius 1 is 1.40 bits per heavy atom. The van der Waals surface area contributed by atoms with Crippen LogP contribution in [0.25, 0.3) is 0 Å². The number of aromatic nitrogens is 1. The zero-order valence-corrected chi connectivity index (χ0v) is 10.6. The van der Waals surface area contributed by atoms with Crippen LogP contribution in [0.4, 0.5) is 10.1 Å². The van der Waals surface area contributed by atoms with E-state index < -0.39 is 11.8 Å². The third-order valence-corrected chi connectivity index (χ3v) is 3.50. The predicted octanol–water partition coefficient (Wildman–Crippen LogP) is 3.02. The van der Waals surface area contributed by atoms with Gasteiger partial charge < -0.3 is 10.4 Å². The fourth-order valence-electron chi connectivity index (χ4n) is 2.51. The molecule has 0 spiro atoms. The predicted molar refractivity (Wildman–Crippen MR) is 72.3 cm³/mol. The molecular weight excluding hydrogens is 259 g/mol. The standard InChI is InChI=1S/C15H13FN2O2/c16-11-5-3-10(15(19)20)8-13(11)18-12-6-4-9-2-1-7-17-14(9)12/h1-3,5,7-8,12,18H,4,6H2,(H,19,20). The summed E-state index contributed by atoms with van der Waals surface area (Å²) < 4.78 is 13.8. The van der Waals surface area contributed by atoms with Crippen LogP contribution >= 0.6 is 0 Å². The van der Waals surface area contributed by atoms with Crippen molar-refractivity contribution in [2.24, 2.45) is 0 Å². The molecule has 1 aromatic carbocycles. The molecule has 2 N–H and O–H groups in total. The largest absolute Gasteiger partial charge is 0.478 e. The van der Waals surface area contributed by atoms with Crippen molar-refractivity contribution in [3.63, 3.8) is 0 Å². The van der Waals surface area contributed by atoms with Crippen LogP contribution < -0.4 is 5.32 Å². The Bertz CT molecular complexity index is 673. The number of benzene rings is 1. The van der Waals surface area contributed by atoms with Crippen LogP contribution in [0.5, 0.6) is 0 Å². The minimum Gasteiger partial charge on any atom is -0.478 e. The summed E-state index contributed by atoms with van der Waals surface area (Å²) in [6.07, 6.45) is 3.42. The molecule has 4 nitrogen and oxygen atoms in total. The van der Waals surface area contributed by atoms with Gasteiger partial charge in [-0.15, -0.1) is 0 Å². The molecule has 0 amide bonds. The first kappa shape index (κ1) is 12.6. The van der Waals surface area contributed by atoms with E-state index in [0.29, 0.717) is 0 Å². The molecule has 1 aromatic heterocycles. The highest BCUT2D eigenvalue weighted by Crippen LogP contribution is 2.32. The lowest BCUT2D eigenvalue weighted by molar-refractivity contribution is 0.0697. The lowest BCUT2D eigenvalue weighted by Gasteiger charge is -2.15. The van der Waals surface area contributed by atoms with Crippen molar-refractivity contribution in [1.82, 2.24) is 4.98 Å². The summed E-state index contributed by atoms with van der Waals surface area (Å²) in [6, 6.07) is 7.55. The van der Waals surface area contributed by atoms with Crippen LogP contribution in [-0.2, 0) is 6.42 Å².